The van der Waals surface area contributed by atoms with Gasteiger partial charge in [0.25, 0.3) is 5.97 Å². The summed E-state index contributed by atoms with van der Waals surface area (Å²) in [5, 5.41) is 7.42. The number of hydrogen-bond donors (Lipinski definition) is 3. The fourth-order valence-electron chi connectivity index (χ4n) is 2.11. The Morgan fingerprint density at radius 2 is 1.62 bits per heavy atom. The molecule has 26 heavy (non-hydrogen) atoms. The van der Waals surface area contributed by atoms with E-state index in [1.54, 1.807) is 0 Å². The first-order valence-corrected chi connectivity index (χ1v) is 8.36. The second kappa shape index (κ2) is 11.8. The van der Waals surface area contributed by atoms with Gasteiger partial charge < -0.3 is 21.3 Å². The molecule has 140 valence electrons. The van der Waals surface area contributed by atoms with Crippen molar-refractivity contribution in [3.05, 3.63) is 65.7 Å². The van der Waals surface area contributed by atoms with Crippen molar-refractivity contribution in [3.8, 4) is 5.75 Å². The van der Waals surface area contributed by atoms with Gasteiger partial charge in [-0.1, -0.05) is 42.5 Å². The van der Waals surface area contributed by atoms with Crippen molar-refractivity contribution in [1.29, 1.82) is 0 Å². The van der Waals surface area contributed by atoms with Crippen LogP contribution < -0.4 is 16.2 Å². The van der Waals surface area contributed by atoms with Gasteiger partial charge in [-0.2, -0.15) is 0 Å². The SMILES string of the molecule is CC(=O)O.NCc1ccc(OCC(=O)[C@H](N)CCc2ccccc2)cc1. The summed E-state index contributed by atoms with van der Waals surface area (Å²) in [5.74, 6) is -0.264. The number of carboxylic acid groups (broad SMARTS) is 1. The Morgan fingerprint density at radius 1 is 1.04 bits per heavy atom. The number of carbonyl (C=O) groups is 2. The number of aliphatic carboxylic acids is 1. The van der Waals surface area contributed by atoms with Crippen LogP contribution in [0.15, 0.2) is 54.6 Å². The molecule has 1 atom stereocenters. The van der Waals surface area contributed by atoms with E-state index < -0.39 is 12.0 Å². The van der Waals surface area contributed by atoms with E-state index in [-0.39, 0.29) is 12.4 Å². The third kappa shape index (κ3) is 8.96. The van der Waals surface area contributed by atoms with E-state index >= 15 is 0 Å². The Balaban J connectivity index is 0.000000765. The summed E-state index contributed by atoms with van der Waals surface area (Å²) in [4.78, 5) is 21.0. The highest BCUT2D eigenvalue weighted by Gasteiger charge is 2.14. The molecule has 0 radical (unpaired) electrons. The number of ether oxygens (including phenoxy) is 1. The van der Waals surface area contributed by atoms with E-state index in [1.807, 2.05) is 54.6 Å². The monoisotopic (exact) mass is 358 g/mol. The number of rotatable bonds is 8. The molecule has 6 nitrogen and oxygen atoms in total. The van der Waals surface area contributed by atoms with Gasteiger partial charge in [0.1, 0.15) is 12.4 Å². The molecular formula is C20H26N2O4. The lowest BCUT2D eigenvalue weighted by atomic mass is 10.0. The zero-order valence-corrected chi connectivity index (χ0v) is 14.9. The van der Waals surface area contributed by atoms with Gasteiger partial charge in [0.15, 0.2) is 5.78 Å². The molecule has 0 saturated carbocycles. The topological polar surface area (TPSA) is 116 Å². The first-order chi connectivity index (χ1) is 12.4. The highest BCUT2D eigenvalue weighted by molar-refractivity contribution is 5.85. The van der Waals surface area contributed by atoms with Gasteiger partial charge in [0.05, 0.1) is 6.04 Å². The lowest BCUT2D eigenvalue weighted by Gasteiger charge is -2.12. The number of carboxylic acids is 1. The highest BCUT2D eigenvalue weighted by atomic mass is 16.5. The van der Waals surface area contributed by atoms with Gasteiger partial charge in [0, 0.05) is 13.5 Å². The van der Waals surface area contributed by atoms with Crippen molar-refractivity contribution in [2.75, 3.05) is 6.61 Å². The Labute approximate surface area is 153 Å². The number of carbonyl (C=O) groups excluding carboxylic acids is 1. The predicted octanol–water partition coefficient (Wildman–Crippen LogP) is 2.14. The van der Waals surface area contributed by atoms with Gasteiger partial charge in [0.2, 0.25) is 0 Å². The number of ketones is 1. The quantitative estimate of drug-likeness (QED) is 0.666. The van der Waals surface area contributed by atoms with Crippen LogP contribution >= 0.6 is 0 Å². The fourth-order valence-corrected chi connectivity index (χ4v) is 2.11. The van der Waals surface area contributed by atoms with Crippen molar-refractivity contribution in [2.24, 2.45) is 11.5 Å². The van der Waals surface area contributed by atoms with Crippen LogP contribution in [0.5, 0.6) is 5.75 Å². The number of aryl methyl sites for hydroxylation is 1. The molecule has 0 aliphatic heterocycles. The van der Waals surface area contributed by atoms with E-state index in [4.69, 9.17) is 26.1 Å². The van der Waals surface area contributed by atoms with Crippen molar-refractivity contribution in [3.63, 3.8) is 0 Å². The average molecular weight is 358 g/mol. The molecular weight excluding hydrogens is 332 g/mol. The van der Waals surface area contributed by atoms with Gasteiger partial charge in [-0.3, -0.25) is 9.59 Å². The van der Waals surface area contributed by atoms with E-state index in [1.165, 1.54) is 5.56 Å². The smallest absolute Gasteiger partial charge is 0.300 e. The summed E-state index contributed by atoms with van der Waals surface area (Å²) in [6.45, 7) is 1.57. The summed E-state index contributed by atoms with van der Waals surface area (Å²) in [5.41, 5.74) is 13.7. The molecule has 0 aromatic heterocycles. The van der Waals surface area contributed by atoms with Gasteiger partial charge in [-0.25, -0.2) is 0 Å². The second-order valence-corrected chi connectivity index (χ2v) is 5.75. The van der Waals surface area contributed by atoms with Crippen LogP contribution in [0.3, 0.4) is 0 Å². The molecule has 5 N–H and O–H groups in total. The molecule has 0 amide bonds. The number of nitrogens with two attached hydrogens (primary N) is 2. The molecule has 0 bridgehead atoms. The molecule has 0 aliphatic carbocycles. The van der Waals surface area contributed by atoms with Crippen LogP contribution in [-0.2, 0) is 22.6 Å². The maximum Gasteiger partial charge on any atom is 0.300 e. The van der Waals surface area contributed by atoms with Crippen molar-refractivity contribution in [2.45, 2.75) is 32.4 Å². The molecule has 2 rings (SSSR count). The lowest BCUT2D eigenvalue weighted by molar-refractivity contribution is -0.134. The molecule has 2 aromatic rings. The van der Waals surface area contributed by atoms with Crippen LogP contribution in [-0.4, -0.2) is 29.5 Å². The average Bonchev–Trinajstić information content (AvgIpc) is 2.65. The lowest BCUT2D eigenvalue weighted by Crippen LogP contribution is -2.34. The normalized spacial score (nSPS) is 11.0. The first kappa shape index (κ1) is 21.3. The van der Waals surface area contributed by atoms with Crippen molar-refractivity contribution in [1.82, 2.24) is 0 Å². The Morgan fingerprint density at radius 3 is 2.15 bits per heavy atom. The van der Waals surface area contributed by atoms with Gasteiger partial charge in [-0.05, 0) is 36.1 Å². The van der Waals surface area contributed by atoms with Gasteiger partial charge in [-0.15, -0.1) is 0 Å². The maximum atomic E-state index is 12.0. The Bertz CT molecular complexity index is 668. The minimum Gasteiger partial charge on any atom is -0.486 e. The van der Waals surface area contributed by atoms with E-state index in [0.717, 1.165) is 18.9 Å². The number of hydrogen-bond acceptors (Lipinski definition) is 5. The van der Waals surface area contributed by atoms with Gasteiger partial charge >= 0.3 is 0 Å². The number of benzene rings is 2. The summed E-state index contributed by atoms with van der Waals surface area (Å²) >= 11 is 0. The Kier molecular flexibility index (Phi) is 9.67. The van der Waals surface area contributed by atoms with Crippen LogP contribution in [0.4, 0.5) is 0 Å². The summed E-state index contributed by atoms with van der Waals surface area (Å²) in [6.07, 6.45) is 1.41. The maximum absolute atomic E-state index is 12.0. The predicted molar refractivity (Wildman–Crippen MR) is 101 cm³/mol. The zero-order valence-electron chi connectivity index (χ0n) is 14.9. The minimum absolute atomic E-state index is 0.00206. The molecule has 6 heteroatoms. The van der Waals surface area contributed by atoms with Crippen LogP contribution in [0.25, 0.3) is 0 Å². The van der Waals surface area contributed by atoms with E-state index in [2.05, 4.69) is 0 Å². The van der Waals surface area contributed by atoms with Crippen LogP contribution in [0, 0.1) is 0 Å². The van der Waals surface area contributed by atoms with Crippen molar-refractivity contribution < 1.29 is 19.4 Å². The highest BCUT2D eigenvalue weighted by Crippen LogP contribution is 2.12. The zero-order chi connectivity index (χ0) is 19.4. The molecule has 0 aliphatic rings. The van der Waals surface area contributed by atoms with E-state index in [9.17, 15) is 4.79 Å². The first-order valence-electron chi connectivity index (χ1n) is 8.36. The second-order valence-electron chi connectivity index (χ2n) is 5.75. The third-order valence-electron chi connectivity index (χ3n) is 3.54. The standard InChI is InChI=1S/C18H22N2O2.C2H4O2/c19-12-15-6-9-16(10-7-15)22-13-18(21)17(20)11-8-14-4-2-1-3-5-14;1-2(3)4/h1-7,9-10,17H,8,11-13,19-20H2;1H3,(H,3,4)/t17-;/m1./s1. The summed E-state index contributed by atoms with van der Waals surface area (Å²) in [6, 6.07) is 16.9. The molecule has 0 fully saturated rings. The minimum atomic E-state index is -0.833. The van der Waals surface area contributed by atoms with Crippen molar-refractivity contribution >= 4 is 11.8 Å². The van der Waals surface area contributed by atoms with Crippen LogP contribution in [0.1, 0.15) is 24.5 Å². The molecule has 0 spiro atoms. The molecule has 0 unspecified atom stereocenters. The van der Waals surface area contributed by atoms with E-state index in [0.29, 0.717) is 18.7 Å². The third-order valence-corrected chi connectivity index (χ3v) is 3.54. The molecule has 0 heterocycles. The summed E-state index contributed by atoms with van der Waals surface area (Å²) < 4.78 is 5.47. The molecule has 2 aromatic carbocycles. The largest absolute Gasteiger partial charge is 0.486 e. The van der Waals surface area contributed by atoms with Crippen LogP contribution in [0.2, 0.25) is 0 Å². The fraction of sp³-hybridized carbons (Fsp3) is 0.300. The summed E-state index contributed by atoms with van der Waals surface area (Å²) in [7, 11) is 0. The number of Topliss-reactive ketones (excluding diaryl/α,β-unsaturated/α-hetero) is 1. The Hall–Kier alpha value is -2.70. The molecule has 0 saturated heterocycles.